The van der Waals surface area contributed by atoms with Crippen molar-refractivity contribution in [2.75, 3.05) is 31.1 Å². The molecule has 2 aromatic rings. The number of nitrogens with zero attached hydrogens (tertiary/aromatic N) is 2. The zero-order valence-corrected chi connectivity index (χ0v) is 15.8. The molecule has 5 nitrogen and oxygen atoms in total. The third-order valence-electron chi connectivity index (χ3n) is 4.39. The van der Waals surface area contributed by atoms with Crippen molar-refractivity contribution >= 4 is 34.9 Å². The van der Waals surface area contributed by atoms with Crippen LogP contribution < -0.4 is 15.0 Å². The average molecular weight is 394 g/mol. The third kappa shape index (κ3) is 5.26. The number of rotatable bonds is 6. The van der Waals surface area contributed by atoms with Gasteiger partial charge in [-0.25, -0.2) is 4.98 Å². The summed E-state index contributed by atoms with van der Waals surface area (Å²) >= 11 is 11.7. The van der Waals surface area contributed by atoms with Crippen LogP contribution in [0, 0.1) is 5.92 Å². The molecule has 1 aromatic carbocycles. The van der Waals surface area contributed by atoms with Crippen molar-refractivity contribution in [1.29, 1.82) is 0 Å². The highest BCUT2D eigenvalue weighted by molar-refractivity contribution is 6.30. The quantitative estimate of drug-likeness (QED) is 0.758. The Morgan fingerprint density at radius 2 is 1.81 bits per heavy atom. The molecule has 0 spiro atoms. The van der Waals surface area contributed by atoms with Crippen molar-refractivity contribution in [3.8, 4) is 5.75 Å². The fourth-order valence-corrected chi connectivity index (χ4v) is 3.18. The van der Waals surface area contributed by atoms with E-state index in [1.807, 2.05) is 24.3 Å². The lowest BCUT2D eigenvalue weighted by Crippen LogP contribution is -2.41. The predicted octanol–water partition coefficient (Wildman–Crippen LogP) is 3.80. The second kappa shape index (κ2) is 9.10. The van der Waals surface area contributed by atoms with E-state index in [4.69, 9.17) is 27.9 Å². The summed E-state index contributed by atoms with van der Waals surface area (Å²) in [5, 5.41) is 4.26. The molecule has 0 saturated carbocycles. The monoisotopic (exact) mass is 393 g/mol. The van der Waals surface area contributed by atoms with E-state index in [1.54, 1.807) is 18.3 Å². The molecule has 1 aromatic heterocycles. The lowest BCUT2D eigenvalue weighted by atomic mass is 9.96. The molecule has 0 unspecified atom stereocenters. The first-order valence-electron chi connectivity index (χ1n) is 8.64. The Bertz CT molecular complexity index is 715. The number of piperidine rings is 1. The number of pyridine rings is 1. The van der Waals surface area contributed by atoms with E-state index in [0.717, 1.165) is 37.5 Å². The summed E-state index contributed by atoms with van der Waals surface area (Å²) in [5.41, 5.74) is 0. The second-order valence-electron chi connectivity index (χ2n) is 6.19. The molecule has 0 aliphatic carbocycles. The van der Waals surface area contributed by atoms with Crippen LogP contribution in [-0.2, 0) is 4.79 Å². The first-order chi connectivity index (χ1) is 12.6. The fraction of sp³-hybridized carbons (Fsp3) is 0.368. The van der Waals surface area contributed by atoms with Crippen LogP contribution in [0.3, 0.4) is 0 Å². The van der Waals surface area contributed by atoms with E-state index >= 15 is 0 Å². The zero-order valence-electron chi connectivity index (χ0n) is 14.3. The average Bonchev–Trinajstić information content (AvgIpc) is 2.67. The van der Waals surface area contributed by atoms with E-state index in [-0.39, 0.29) is 11.8 Å². The molecule has 1 fully saturated rings. The molecule has 1 amide bonds. The highest BCUT2D eigenvalue weighted by Crippen LogP contribution is 2.22. The third-order valence-corrected chi connectivity index (χ3v) is 4.86. The normalized spacial score (nSPS) is 14.9. The van der Waals surface area contributed by atoms with Gasteiger partial charge in [0.05, 0.1) is 11.6 Å². The zero-order chi connectivity index (χ0) is 18.4. The Labute approximate surface area is 163 Å². The number of carbonyl (C=O) groups excluding carboxylic acids is 1. The van der Waals surface area contributed by atoms with Gasteiger partial charge in [0.15, 0.2) is 0 Å². The van der Waals surface area contributed by atoms with E-state index < -0.39 is 0 Å². The number of benzene rings is 1. The lowest BCUT2D eigenvalue weighted by molar-refractivity contribution is -0.125. The van der Waals surface area contributed by atoms with Gasteiger partial charge in [-0.05, 0) is 49.2 Å². The SMILES string of the molecule is O=C(NCCOc1ccc(Cl)cc1)C1CCN(c2ccc(Cl)cn2)CC1. The van der Waals surface area contributed by atoms with Crippen molar-refractivity contribution in [2.45, 2.75) is 12.8 Å². The van der Waals surface area contributed by atoms with Crippen LogP contribution in [0.2, 0.25) is 10.0 Å². The van der Waals surface area contributed by atoms with Gasteiger partial charge in [0.2, 0.25) is 5.91 Å². The van der Waals surface area contributed by atoms with Gasteiger partial charge in [-0.15, -0.1) is 0 Å². The van der Waals surface area contributed by atoms with Crippen LogP contribution in [-0.4, -0.2) is 37.1 Å². The summed E-state index contributed by atoms with van der Waals surface area (Å²) in [4.78, 5) is 18.8. The van der Waals surface area contributed by atoms with Crippen LogP contribution in [0.25, 0.3) is 0 Å². The number of aromatic nitrogens is 1. The summed E-state index contributed by atoms with van der Waals surface area (Å²) in [6.07, 6.45) is 3.28. The van der Waals surface area contributed by atoms with E-state index in [1.165, 1.54) is 0 Å². The topological polar surface area (TPSA) is 54.5 Å². The molecule has 0 atom stereocenters. The summed E-state index contributed by atoms with van der Waals surface area (Å²) in [6.45, 7) is 2.54. The lowest BCUT2D eigenvalue weighted by Gasteiger charge is -2.32. The fourth-order valence-electron chi connectivity index (χ4n) is 2.94. The van der Waals surface area contributed by atoms with Gasteiger partial charge in [-0.1, -0.05) is 23.2 Å². The van der Waals surface area contributed by atoms with E-state index in [9.17, 15) is 4.79 Å². The first kappa shape index (κ1) is 18.8. The van der Waals surface area contributed by atoms with Crippen molar-refractivity contribution in [3.63, 3.8) is 0 Å². The number of carbonyl (C=O) groups is 1. The number of halogens is 2. The number of nitrogens with one attached hydrogen (secondary N) is 1. The maximum absolute atomic E-state index is 12.3. The maximum Gasteiger partial charge on any atom is 0.223 e. The molecule has 1 aliphatic heterocycles. The number of anilines is 1. The van der Waals surface area contributed by atoms with Crippen molar-refractivity contribution in [2.24, 2.45) is 5.92 Å². The Balaban J connectivity index is 1.37. The number of hydrogen-bond acceptors (Lipinski definition) is 4. The summed E-state index contributed by atoms with van der Waals surface area (Å²) < 4.78 is 5.58. The van der Waals surface area contributed by atoms with Crippen LogP contribution >= 0.6 is 23.2 Å². The minimum Gasteiger partial charge on any atom is -0.492 e. The maximum atomic E-state index is 12.3. The smallest absolute Gasteiger partial charge is 0.223 e. The van der Waals surface area contributed by atoms with E-state index in [2.05, 4.69) is 15.2 Å². The number of amides is 1. The standard InChI is InChI=1S/C19H21Cl2N3O2/c20-15-1-4-17(5-2-15)26-12-9-22-19(25)14-7-10-24(11-8-14)18-6-3-16(21)13-23-18/h1-6,13-14H,7-12H2,(H,22,25). The molecule has 2 heterocycles. The molecular weight excluding hydrogens is 373 g/mol. The number of hydrogen-bond donors (Lipinski definition) is 1. The molecule has 3 rings (SSSR count). The van der Waals surface area contributed by atoms with Crippen LogP contribution in [0.1, 0.15) is 12.8 Å². The molecule has 1 N–H and O–H groups in total. The molecule has 1 aliphatic rings. The van der Waals surface area contributed by atoms with Gasteiger partial charge < -0.3 is 15.0 Å². The van der Waals surface area contributed by atoms with Gasteiger partial charge in [-0.2, -0.15) is 0 Å². The van der Waals surface area contributed by atoms with Gasteiger partial charge in [0, 0.05) is 30.2 Å². The Kier molecular flexibility index (Phi) is 6.58. The highest BCUT2D eigenvalue weighted by atomic mass is 35.5. The summed E-state index contributed by atoms with van der Waals surface area (Å²) in [6, 6.07) is 10.9. The first-order valence-corrected chi connectivity index (χ1v) is 9.40. The summed E-state index contributed by atoms with van der Waals surface area (Å²) in [5.74, 6) is 1.78. The Morgan fingerprint density at radius 1 is 1.12 bits per heavy atom. The highest BCUT2D eigenvalue weighted by Gasteiger charge is 2.25. The minimum absolute atomic E-state index is 0.0362. The molecular formula is C19H21Cl2N3O2. The molecule has 1 saturated heterocycles. The number of ether oxygens (including phenoxy) is 1. The second-order valence-corrected chi connectivity index (χ2v) is 7.06. The Morgan fingerprint density at radius 3 is 2.46 bits per heavy atom. The summed E-state index contributed by atoms with van der Waals surface area (Å²) in [7, 11) is 0. The van der Waals surface area contributed by atoms with Crippen molar-refractivity contribution < 1.29 is 9.53 Å². The Hall–Kier alpha value is -1.98. The van der Waals surface area contributed by atoms with Gasteiger partial charge in [0.1, 0.15) is 18.2 Å². The molecule has 7 heteroatoms. The molecule has 26 heavy (non-hydrogen) atoms. The van der Waals surface area contributed by atoms with Crippen molar-refractivity contribution in [1.82, 2.24) is 10.3 Å². The molecule has 0 radical (unpaired) electrons. The van der Waals surface area contributed by atoms with Gasteiger partial charge in [0.25, 0.3) is 0 Å². The molecule has 138 valence electrons. The van der Waals surface area contributed by atoms with Gasteiger partial charge >= 0.3 is 0 Å². The molecule has 0 bridgehead atoms. The minimum atomic E-state index is 0.0362. The largest absolute Gasteiger partial charge is 0.492 e. The van der Waals surface area contributed by atoms with Gasteiger partial charge in [-0.3, -0.25) is 4.79 Å². The van der Waals surface area contributed by atoms with Crippen LogP contribution in [0.15, 0.2) is 42.6 Å². The van der Waals surface area contributed by atoms with Crippen molar-refractivity contribution in [3.05, 3.63) is 52.6 Å². The van der Waals surface area contributed by atoms with E-state index in [0.29, 0.717) is 23.2 Å². The van der Waals surface area contributed by atoms with Crippen LogP contribution in [0.5, 0.6) is 5.75 Å². The van der Waals surface area contributed by atoms with Crippen LogP contribution in [0.4, 0.5) is 5.82 Å². The predicted molar refractivity (Wildman–Crippen MR) is 104 cm³/mol.